The molecule has 0 radical (unpaired) electrons. The van der Waals surface area contributed by atoms with Crippen LogP contribution in [0.1, 0.15) is 5.56 Å². The Morgan fingerprint density at radius 3 is 2.68 bits per heavy atom. The molecule has 0 saturated heterocycles. The SMILES string of the molecule is Nc1csc(NN=Cc2cccc(-c3ccc(O)cc3)c2)n1. The molecule has 22 heavy (non-hydrogen) atoms. The first-order valence-electron chi connectivity index (χ1n) is 6.60. The number of phenolic OH excluding ortho intramolecular Hbond substituents is 1. The third-order valence-electron chi connectivity index (χ3n) is 2.98. The van der Waals surface area contributed by atoms with E-state index in [0.29, 0.717) is 10.9 Å². The molecule has 110 valence electrons. The molecule has 3 rings (SSSR count). The summed E-state index contributed by atoms with van der Waals surface area (Å²) in [6.45, 7) is 0. The average molecular weight is 310 g/mol. The number of hydrazone groups is 1. The summed E-state index contributed by atoms with van der Waals surface area (Å²) in [5.74, 6) is 0.741. The highest BCUT2D eigenvalue weighted by atomic mass is 32.1. The minimum absolute atomic E-state index is 0.258. The Morgan fingerprint density at radius 1 is 1.14 bits per heavy atom. The van der Waals surface area contributed by atoms with Gasteiger partial charge in [0.05, 0.1) is 6.21 Å². The number of nitrogens with one attached hydrogen (secondary N) is 1. The van der Waals surface area contributed by atoms with Gasteiger partial charge >= 0.3 is 0 Å². The lowest BCUT2D eigenvalue weighted by atomic mass is 10.0. The van der Waals surface area contributed by atoms with Gasteiger partial charge in [-0.3, -0.25) is 5.43 Å². The molecule has 1 aromatic heterocycles. The zero-order valence-corrected chi connectivity index (χ0v) is 12.4. The van der Waals surface area contributed by atoms with Gasteiger partial charge in [-0.15, -0.1) is 11.3 Å². The number of hydrogen-bond donors (Lipinski definition) is 3. The lowest BCUT2D eigenvalue weighted by Gasteiger charge is -2.03. The van der Waals surface area contributed by atoms with Crippen molar-refractivity contribution in [3.8, 4) is 16.9 Å². The van der Waals surface area contributed by atoms with Crippen LogP contribution in [-0.2, 0) is 0 Å². The number of nitrogen functional groups attached to an aromatic ring is 1. The highest BCUT2D eigenvalue weighted by molar-refractivity contribution is 7.14. The molecule has 4 N–H and O–H groups in total. The van der Waals surface area contributed by atoms with Gasteiger partial charge in [-0.25, -0.2) is 4.98 Å². The molecule has 0 aliphatic heterocycles. The Kier molecular flexibility index (Phi) is 4.02. The summed E-state index contributed by atoms with van der Waals surface area (Å²) in [5, 5.41) is 15.9. The number of nitrogens with two attached hydrogens (primary N) is 1. The van der Waals surface area contributed by atoms with Crippen LogP contribution in [0.5, 0.6) is 5.75 Å². The van der Waals surface area contributed by atoms with Crippen LogP contribution < -0.4 is 11.2 Å². The minimum Gasteiger partial charge on any atom is -0.508 e. The van der Waals surface area contributed by atoms with E-state index < -0.39 is 0 Å². The average Bonchev–Trinajstić information content (AvgIpc) is 2.94. The molecule has 0 aliphatic rings. The van der Waals surface area contributed by atoms with Gasteiger partial charge in [0.25, 0.3) is 0 Å². The molecule has 5 nitrogen and oxygen atoms in total. The quantitative estimate of drug-likeness (QED) is 0.508. The standard InChI is InChI=1S/C16H14N4OS/c17-15-10-22-16(19-15)20-18-9-11-2-1-3-13(8-11)12-4-6-14(21)7-5-12/h1-10,21H,17H2,(H,19,20). The molecule has 1 heterocycles. The van der Waals surface area contributed by atoms with Crippen LogP contribution in [0.3, 0.4) is 0 Å². The van der Waals surface area contributed by atoms with Gasteiger partial charge < -0.3 is 10.8 Å². The fourth-order valence-electron chi connectivity index (χ4n) is 1.95. The van der Waals surface area contributed by atoms with Crippen molar-refractivity contribution in [3.05, 3.63) is 59.5 Å². The molecule has 0 spiro atoms. The Bertz CT molecular complexity index is 796. The van der Waals surface area contributed by atoms with Crippen molar-refractivity contribution in [3.63, 3.8) is 0 Å². The molecule has 0 aliphatic carbocycles. The van der Waals surface area contributed by atoms with Crippen molar-refractivity contribution >= 4 is 28.5 Å². The lowest BCUT2D eigenvalue weighted by Crippen LogP contribution is -1.91. The number of anilines is 2. The second-order valence-corrected chi connectivity index (χ2v) is 5.48. The van der Waals surface area contributed by atoms with E-state index in [2.05, 4.69) is 15.5 Å². The number of nitrogens with zero attached hydrogens (tertiary/aromatic N) is 2. The first kappa shape index (κ1) is 14.1. The summed E-state index contributed by atoms with van der Waals surface area (Å²) >= 11 is 1.40. The zero-order chi connectivity index (χ0) is 15.4. The summed E-state index contributed by atoms with van der Waals surface area (Å²) in [5.41, 5.74) is 11.4. The third kappa shape index (κ3) is 3.42. The van der Waals surface area contributed by atoms with E-state index in [1.807, 2.05) is 36.4 Å². The molecular formula is C16H14N4OS. The summed E-state index contributed by atoms with van der Waals surface area (Å²) in [4.78, 5) is 4.06. The Morgan fingerprint density at radius 2 is 1.95 bits per heavy atom. The molecule has 0 atom stereocenters. The molecule has 0 saturated carbocycles. The molecule has 0 fully saturated rings. The summed E-state index contributed by atoms with van der Waals surface area (Å²) < 4.78 is 0. The fourth-order valence-corrected chi connectivity index (χ4v) is 2.50. The Hall–Kier alpha value is -2.86. The van der Waals surface area contributed by atoms with Crippen LogP contribution in [-0.4, -0.2) is 16.3 Å². The van der Waals surface area contributed by atoms with E-state index in [9.17, 15) is 5.11 Å². The van der Waals surface area contributed by atoms with E-state index in [1.165, 1.54) is 11.3 Å². The predicted molar refractivity (Wildman–Crippen MR) is 91.3 cm³/mol. The number of hydrogen-bond acceptors (Lipinski definition) is 6. The van der Waals surface area contributed by atoms with Crippen LogP contribution in [0.15, 0.2) is 59.0 Å². The second-order valence-electron chi connectivity index (χ2n) is 4.62. The van der Waals surface area contributed by atoms with Crippen LogP contribution in [0.4, 0.5) is 10.9 Å². The zero-order valence-electron chi connectivity index (χ0n) is 11.6. The van der Waals surface area contributed by atoms with Crippen LogP contribution in [0, 0.1) is 0 Å². The molecule has 6 heteroatoms. The highest BCUT2D eigenvalue weighted by Crippen LogP contribution is 2.22. The van der Waals surface area contributed by atoms with Gasteiger partial charge in [0.2, 0.25) is 5.13 Å². The number of rotatable bonds is 4. The van der Waals surface area contributed by atoms with Gasteiger partial charge in [-0.1, -0.05) is 30.3 Å². The van der Waals surface area contributed by atoms with Gasteiger partial charge in [-0.2, -0.15) is 5.10 Å². The normalized spacial score (nSPS) is 10.9. The Balaban J connectivity index is 1.74. The smallest absolute Gasteiger partial charge is 0.205 e. The second kappa shape index (κ2) is 6.28. The van der Waals surface area contributed by atoms with Crippen molar-refractivity contribution in [2.45, 2.75) is 0 Å². The number of benzene rings is 2. The summed E-state index contributed by atoms with van der Waals surface area (Å²) in [6.07, 6.45) is 1.72. The van der Waals surface area contributed by atoms with E-state index >= 15 is 0 Å². The van der Waals surface area contributed by atoms with Gasteiger partial charge in [-0.05, 0) is 34.9 Å². The first-order chi connectivity index (χ1) is 10.7. The van der Waals surface area contributed by atoms with Crippen molar-refractivity contribution < 1.29 is 5.11 Å². The van der Waals surface area contributed by atoms with Crippen molar-refractivity contribution in [1.29, 1.82) is 0 Å². The van der Waals surface area contributed by atoms with E-state index in [4.69, 9.17) is 5.73 Å². The summed E-state index contributed by atoms with van der Waals surface area (Å²) in [7, 11) is 0. The number of aromatic hydroxyl groups is 1. The molecule has 2 aromatic carbocycles. The largest absolute Gasteiger partial charge is 0.508 e. The van der Waals surface area contributed by atoms with Crippen LogP contribution in [0.25, 0.3) is 11.1 Å². The van der Waals surface area contributed by atoms with Gasteiger partial charge in [0.15, 0.2) is 0 Å². The topological polar surface area (TPSA) is 83.5 Å². The maximum Gasteiger partial charge on any atom is 0.205 e. The molecule has 0 unspecified atom stereocenters. The molecular weight excluding hydrogens is 296 g/mol. The summed E-state index contributed by atoms with van der Waals surface area (Å²) in [6, 6.07) is 15.1. The van der Waals surface area contributed by atoms with Crippen molar-refractivity contribution in [2.24, 2.45) is 5.10 Å². The third-order valence-corrected chi connectivity index (χ3v) is 3.75. The van der Waals surface area contributed by atoms with Gasteiger partial charge in [0, 0.05) is 5.38 Å². The van der Waals surface area contributed by atoms with E-state index in [-0.39, 0.29) is 5.75 Å². The maximum absolute atomic E-state index is 9.34. The maximum atomic E-state index is 9.34. The molecule has 0 bridgehead atoms. The minimum atomic E-state index is 0.258. The number of aromatic nitrogens is 1. The first-order valence-corrected chi connectivity index (χ1v) is 7.48. The lowest BCUT2D eigenvalue weighted by molar-refractivity contribution is 0.475. The van der Waals surface area contributed by atoms with E-state index in [0.717, 1.165) is 16.7 Å². The predicted octanol–water partition coefficient (Wildman–Crippen LogP) is 3.54. The highest BCUT2D eigenvalue weighted by Gasteiger charge is 1.99. The fraction of sp³-hybridized carbons (Fsp3) is 0. The molecule has 3 aromatic rings. The van der Waals surface area contributed by atoms with Crippen LogP contribution in [0.2, 0.25) is 0 Å². The van der Waals surface area contributed by atoms with Crippen molar-refractivity contribution in [2.75, 3.05) is 11.2 Å². The number of phenols is 1. The molecule has 0 amide bonds. The van der Waals surface area contributed by atoms with E-state index in [1.54, 1.807) is 23.7 Å². The monoisotopic (exact) mass is 310 g/mol. The Labute approximate surface area is 131 Å². The van der Waals surface area contributed by atoms with Crippen LogP contribution >= 0.6 is 11.3 Å². The number of thiazole rings is 1. The van der Waals surface area contributed by atoms with Gasteiger partial charge in [0.1, 0.15) is 11.6 Å². The van der Waals surface area contributed by atoms with Crippen molar-refractivity contribution in [1.82, 2.24) is 4.98 Å².